The third kappa shape index (κ3) is 1.77. The van der Waals surface area contributed by atoms with Crippen LogP contribution in [0.15, 0.2) is 18.2 Å². The SMILES string of the molecule is COC1CC(O)(c2cc(C)ccc2F)C1. The topological polar surface area (TPSA) is 29.5 Å². The van der Waals surface area contributed by atoms with E-state index < -0.39 is 5.60 Å². The maximum Gasteiger partial charge on any atom is 0.129 e. The second kappa shape index (κ2) is 3.58. The Morgan fingerprint density at radius 1 is 1.47 bits per heavy atom. The second-order valence-electron chi connectivity index (χ2n) is 4.28. The molecule has 1 saturated carbocycles. The van der Waals surface area contributed by atoms with E-state index in [4.69, 9.17) is 4.74 Å². The van der Waals surface area contributed by atoms with Crippen LogP contribution in [0.1, 0.15) is 24.0 Å². The molecule has 15 heavy (non-hydrogen) atoms. The van der Waals surface area contributed by atoms with Crippen molar-refractivity contribution in [3.63, 3.8) is 0 Å². The highest BCUT2D eigenvalue weighted by atomic mass is 19.1. The van der Waals surface area contributed by atoms with E-state index in [2.05, 4.69) is 0 Å². The summed E-state index contributed by atoms with van der Waals surface area (Å²) < 4.78 is 18.6. The third-order valence-corrected chi connectivity index (χ3v) is 3.09. The highest BCUT2D eigenvalue weighted by molar-refractivity contribution is 5.31. The minimum atomic E-state index is -1.03. The van der Waals surface area contributed by atoms with Crippen LogP contribution in [0.3, 0.4) is 0 Å². The highest BCUT2D eigenvalue weighted by Gasteiger charge is 2.45. The molecule has 1 aromatic rings. The van der Waals surface area contributed by atoms with Crippen molar-refractivity contribution in [3.05, 3.63) is 35.1 Å². The number of halogens is 1. The van der Waals surface area contributed by atoms with Crippen molar-refractivity contribution in [2.45, 2.75) is 31.5 Å². The molecular formula is C12H15FO2. The molecule has 0 radical (unpaired) electrons. The van der Waals surface area contributed by atoms with Gasteiger partial charge in [-0.1, -0.05) is 17.7 Å². The highest BCUT2D eigenvalue weighted by Crippen LogP contribution is 2.43. The van der Waals surface area contributed by atoms with Gasteiger partial charge in [-0.05, 0) is 13.0 Å². The molecule has 0 amide bonds. The molecule has 0 atom stereocenters. The number of benzene rings is 1. The third-order valence-electron chi connectivity index (χ3n) is 3.09. The lowest BCUT2D eigenvalue weighted by atomic mass is 9.72. The van der Waals surface area contributed by atoms with Crippen LogP contribution in [0.5, 0.6) is 0 Å². The summed E-state index contributed by atoms with van der Waals surface area (Å²) in [5, 5.41) is 10.2. The molecule has 0 aliphatic heterocycles. The van der Waals surface area contributed by atoms with Gasteiger partial charge in [0, 0.05) is 25.5 Å². The van der Waals surface area contributed by atoms with Crippen LogP contribution in [-0.4, -0.2) is 18.3 Å². The van der Waals surface area contributed by atoms with Crippen molar-refractivity contribution < 1.29 is 14.2 Å². The van der Waals surface area contributed by atoms with E-state index in [1.54, 1.807) is 19.2 Å². The average molecular weight is 210 g/mol. The summed E-state index contributed by atoms with van der Waals surface area (Å²) >= 11 is 0. The smallest absolute Gasteiger partial charge is 0.129 e. The molecule has 1 aliphatic rings. The zero-order valence-corrected chi connectivity index (χ0v) is 8.96. The van der Waals surface area contributed by atoms with Crippen LogP contribution in [0.4, 0.5) is 4.39 Å². The Bertz CT molecular complexity index is 370. The van der Waals surface area contributed by atoms with Crippen molar-refractivity contribution >= 4 is 0 Å². The molecular weight excluding hydrogens is 195 g/mol. The van der Waals surface area contributed by atoms with Gasteiger partial charge in [-0.2, -0.15) is 0 Å². The number of hydrogen-bond donors (Lipinski definition) is 1. The summed E-state index contributed by atoms with van der Waals surface area (Å²) in [6.45, 7) is 1.89. The van der Waals surface area contributed by atoms with E-state index in [0.717, 1.165) is 5.56 Å². The number of rotatable bonds is 2. The molecule has 0 unspecified atom stereocenters. The number of aliphatic hydroxyl groups is 1. The van der Waals surface area contributed by atoms with E-state index in [1.807, 2.05) is 6.92 Å². The number of ether oxygens (including phenoxy) is 1. The zero-order valence-electron chi connectivity index (χ0n) is 8.96. The van der Waals surface area contributed by atoms with Crippen LogP contribution >= 0.6 is 0 Å². The van der Waals surface area contributed by atoms with Crippen molar-refractivity contribution in [2.75, 3.05) is 7.11 Å². The van der Waals surface area contributed by atoms with Gasteiger partial charge in [0.05, 0.1) is 11.7 Å². The first-order valence-electron chi connectivity index (χ1n) is 5.07. The van der Waals surface area contributed by atoms with Crippen LogP contribution in [0.2, 0.25) is 0 Å². The molecule has 0 aromatic heterocycles. The van der Waals surface area contributed by atoms with Crippen LogP contribution in [-0.2, 0) is 10.3 Å². The summed E-state index contributed by atoms with van der Waals surface area (Å²) in [5.41, 5.74) is 0.327. The zero-order chi connectivity index (χ0) is 11.1. The fourth-order valence-corrected chi connectivity index (χ4v) is 2.08. The molecule has 0 heterocycles. The van der Waals surface area contributed by atoms with Gasteiger partial charge in [-0.3, -0.25) is 0 Å². The van der Waals surface area contributed by atoms with Gasteiger partial charge in [-0.15, -0.1) is 0 Å². The normalized spacial score (nSPS) is 30.0. The molecule has 0 bridgehead atoms. The molecule has 3 heteroatoms. The van der Waals surface area contributed by atoms with E-state index in [-0.39, 0.29) is 11.9 Å². The Morgan fingerprint density at radius 2 is 2.13 bits per heavy atom. The van der Waals surface area contributed by atoms with Gasteiger partial charge in [-0.25, -0.2) is 4.39 Å². The molecule has 2 rings (SSSR count). The number of hydrogen-bond acceptors (Lipinski definition) is 2. The molecule has 82 valence electrons. The summed E-state index contributed by atoms with van der Waals surface area (Å²) in [6.07, 6.45) is 1.00. The minimum Gasteiger partial charge on any atom is -0.385 e. The van der Waals surface area contributed by atoms with Crippen LogP contribution < -0.4 is 0 Å². The Kier molecular flexibility index (Phi) is 2.52. The Hall–Kier alpha value is -0.930. The first-order chi connectivity index (χ1) is 7.05. The van der Waals surface area contributed by atoms with Crippen molar-refractivity contribution in [3.8, 4) is 0 Å². The van der Waals surface area contributed by atoms with Crippen molar-refractivity contribution in [1.82, 2.24) is 0 Å². The molecule has 1 N–H and O–H groups in total. The van der Waals surface area contributed by atoms with Gasteiger partial charge in [0.25, 0.3) is 0 Å². The Labute approximate surface area is 88.7 Å². The van der Waals surface area contributed by atoms with E-state index in [1.165, 1.54) is 6.07 Å². The predicted molar refractivity (Wildman–Crippen MR) is 55.1 cm³/mol. The predicted octanol–water partition coefficient (Wildman–Crippen LogP) is 2.13. The standard InChI is InChI=1S/C12H15FO2/c1-8-3-4-11(13)10(5-8)12(14)6-9(7-12)15-2/h3-5,9,14H,6-7H2,1-2H3. The summed E-state index contributed by atoms with van der Waals surface area (Å²) in [6, 6.07) is 4.82. The average Bonchev–Trinajstić information content (AvgIpc) is 2.17. The van der Waals surface area contributed by atoms with Gasteiger partial charge in [0.15, 0.2) is 0 Å². The Balaban J connectivity index is 2.27. The number of methoxy groups -OCH3 is 1. The van der Waals surface area contributed by atoms with Gasteiger partial charge in [0.1, 0.15) is 5.82 Å². The lowest BCUT2D eigenvalue weighted by Gasteiger charge is -2.43. The number of aryl methyl sites for hydroxylation is 1. The molecule has 1 aliphatic carbocycles. The quantitative estimate of drug-likeness (QED) is 0.810. The molecule has 1 aromatic carbocycles. The second-order valence-corrected chi connectivity index (χ2v) is 4.28. The van der Waals surface area contributed by atoms with Gasteiger partial charge in [0.2, 0.25) is 0 Å². The van der Waals surface area contributed by atoms with E-state index >= 15 is 0 Å². The first-order valence-corrected chi connectivity index (χ1v) is 5.07. The fourth-order valence-electron chi connectivity index (χ4n) is 2.08. The fraction of sp³-hybridized carbons (Fsp3) is 0.500. The van der Waals surface area contributed by atoms with Gasteiger partial charge < -0.3 is 9.84 Å². The van der Waals surface area contributed by atoms with E-state index in [9.17, 15) is 9.50 Å². The van der Waals surface area contributed by atoms with Crippen LogP contribution in [0, 0.1) is 12.7 Å². The molecule has 0 spiro atoms. The van der Waals surface area contributed by atoms with Crippen molar-refractivity contribution in [1.29, 1.82) is 0 Å². The maximum atomic E-state index is 13.5. The summed E-state index contributed by atoms with van der Waals surface area (Å²) in [7, 11) is 1.61. The van der Waals surface area contributed by atoms with Crippen molar-refractivity contribution in [2.24, 2.45) is 0 Å². The lowest BCUT2D eigenvalue weighted by Crippen LogP contribution is -2.46. The van der Waals surface area contributed by atoms with Gasteiger partial charge >= 0.3 is 0 Å². The largest absolute Gasteiger partial charge is 0.385 e. The lowest BCUT2D eigenvalue weighted by molar-refractivity contribution is -0.134. The molecule has 1 fully saturated rings. The maximum absolute atomic E-state index is 13.5. The van der Waals surface area contributed by atoms with Crippen LogP contribution in [0.25, 0.3) is 0 Å². The Morgan fingerprint density at radius 3 is 2.73 bits per heavy atom. The summed E-state index contributed by atoms with van der Waals surface area (Å²) in [4.78, 5) is 0. The van der Waals surface area contributed by atoms with E-state index in [0.29, 0.717) is 18.4 Å². The monoisotopic (exact) mass is 210 g/mol. The first kappa shape index (κ1) is 10.6. The molecule has 0 saturated heterocycles. The molecule has 2 nitrogen and oxygen atoms in total. The minimum absolute atomic E-state index is 0.0508. The summed E-state index contributed by atoms with van der Waals surface area (Å²) in [5.74, 6) is -0.336.